The summed E-state index contributed by atoms with van der Waals surface area (Å²) in [6.07, 6.45) is 7.35. The van der Waals surface area contributed by atoms with Crippen molar-refractivity contribution < 1.29 is 4.42 Å². The molecule has 1 aliphatic carbocycles. The van der Waals surface area contributed by atoms with Gasteiger partial charge < -0.3 is 9.73 Å². The molecule has 2 unspecified atom stereocenters. The maximum Gasteiger partial charge on any atom is 0.169 e. The van der Waals surface area contributed by atoms with Crippen molar-refractivity contribution >= 4 is 39.2 Å². The fourth-order valence-electron chi connectivity index (χ4n) is 5.12. The summed E-state index contributed by atoms with van der Waals surface area (Å²) in [6.45, 7) is 0. The van der Waals surface area contributed by atoms with E-state index in [0.717, 1.165) is 56.7 Å². The maximum absolute atomic E-state index is 6.11. The van der Waals surface area contributed by atoms with Crippen molar-refractivity contribution in [3.8, 4) is 0 Å². The van der Waals surface area contributed by atoms with E-state index >= 15 is 0 Å². The Hall–Kier alpha value is -4.70. The number of benzene rings is 4. The van der Waals surface area contributed by atoms with Crippen LogP contribution < -0.4 is 5.32 Å². The first-order valence-electron chi connectivity index (χ1n) is 12.6. The zero-order valence-electron chi connectivity index (χ0n) is 20.2. The van der Waals surface area contributed by atoms with E-state index in [1.807, 2.05) is 48.5 Å². The van der Waals surface area contributed by atoms with Gasteiger partial charge in [0, 0.05) is 22.3 Å². The number of amidine groups is 2. The summed E-state index contributed by atoms with van der Waals surface area (Å²) in [5, 5.41) is 5.84. The molecule has 7 rings (SSSR count). The average molecular weight is 480 g/mol. The number of rotatable bonds is 4. The van der Waals surface area contributed by atoms with Crippen LogP contribution in [-0.4, -0.2) is 11.7 Å². The van der Waals surface area contributed by atoms with Gasteiger partial charge in [0.1, 0.15) is 22.8 Å². The van der Waals surface area contributed by atoms with Gasteiger partial charge in [-0.25, -0.2) is 9.98 Å². The van der Waals surface area contributed by atoms with Crippen molar-refractivity contribution in [2.45, 2.75) is 12.6 Å². The van der Waals surface area contributed by atoms with Gasteiger partial charge in [0.25, 0.3) is 0 Å². The number of para-hydroxylation sites is 1. The minimum atomic E-state index is -0.262. The molecule has 2 heterocycles. The van der Waals surface area contributed by atoms with Gasteiger partial charge >= 0.3 is 0 Å². The Morgan fingerprint density at radius 3 is 2.27 bits per heavy atom. The van der Waals surface area contributed by atoms with Crippen molar-refractivity contribution in [1.82, 2.24) is 5.32 Å². The van der Waals surface area contributed by atoms with E-state index in [0.29, 0.717) is 0 Å². The summed E-state index contributed by atoms with van der Waals surface area (Å²) in [6, 6.07) is 35.2. The number of allylic oxidation sites excluding steroid dienone is 3. The summed E-state index contributed by atoms with van der Waals surface area (Å²) in [7, 11) is 0. The zero-order chi connectivity index (χ0) is 24.6. The van der Waals surface area contributed by atoms with Gasteiger partial charge in [-0.1, -0.05) is 103 Å². The highest BCUT2D eigenvalue weighted by Gasteiger charge is 2.24. The maximum atomic E-state index is 6.11. The standard InChI is InChI=1S/C33H25N3O/c1-3-9-23(10-4-1)31-34-32(24-11-5-2-6-12-24)36-33(35-31)25-17-15-22(16-18-25)26-19-20-28-27-13-7-8-14-29(27)37-30(28)21-26/h1-17,19-21,25,31H,18H2,(H,34,35,36). The van der Waals surface area contributed by atoms with E-state index in [9.17, 15) is 0 Å². The van der Waals surface area contributed by atoms with Crippen LogP contribution >= 0.6 is 0 Å². The normalized spacial score (nSPS) is 19.3. The second-order valence-electron chi connectivity index (χ2n) is 9.44. The molecular weight excluding hydrogens is 454 g/mol. The van der Waals surface area contributed by atoms with Gasteiger partial charge in [0.05, 0.1) is 0 Å². The number of hydrogen-bond acceptors (Lipinski definition) is 4. The quantitative estimate of drug-likeness (QED) is 0.287. The van der Waals surface area contributed by atoms with E-state index < -0.39 is 0 Å². The van der Waals surface area contributed by atoms with Gasteiger partial charge in [0.15, 0.2) is 6.17 Å². The topological polar surface area (TPSA) is 49.9 Å². The Morgan fingerprint density at radius 2 is 1.46 bits per heavy atom. The van der Waals surface area contributed by atoms with Gasteiger partial charge in [-0.2, -0.15) is 0 Å². The predicted molar refractivity (Wildman–Crippen MR) is 152 cm³/mol. The molecule has 37 heavy (non-hydrogen) atoms. The third-order valence-electron chi connectivity index (χ3n) is 7.07. The summed E-state index contributed by atoms with van der Waals surface area (Å²) < 4.78 is 6.11. The molecular formula is C33H25N3O. The summed E-state index contributed by atoms with van der Waals surface area (Å²) >= 11 is 0. The largest absolute Gasteiger partial charge is 0.456 e. The van der Waals surface area contributed by atoms with Crippen molar-refractivity contribution in [3.63, 3.8) is 0 Å². The molecule has 0 spiro atoms. The van der Waals surface area contributed by atoms with Crippen LogP contribution in [0.4, 0.5) is 0 Å². The van der Waals surface area contributed by atoms with Gasteiger partial charge in [-0.15, -0.1) is 0 Å². The number of fused-ring (bicyclic) bond motifs is 3. The van der Waals surface area contributed by atoms with Crippen LogP contribution in [0.1, 0.15) is 29.3 Å². The molecule has 0 saturated carbocycles. The van der Waals surface area contributed by atoms with Crippen molar-refractivity contribution in [1.29, 1.82) is 0 Å². The van der Waals surface area contributed by atoms with Crippen LogP contribution in [0.2, 0.25) is 0 Å². The van der Waals surface area contributed by atoms with Crippen LogP contribution in [0.25, 0.3) is 27.5 Å². The summed E-state index contributed by atoms with van der Waals surface area (Å²) in [5.74, 6) is 1.96. The smallest absolute Gasteiger partial charge is 0.169 e. The minimum Gasteiger partial charge on any atom is -0.456 e. The van der Waals surface area contributed by atoms with E-state index in [1.54, 1.807) is 0 Å². The van der Waals surface area contributed by atoms with Crippen LogP contribution in [0.15, 0.2) is 136 Å². The monoisotopic (exact) mass is 479 g/mol. The molecule has 0 saturated heterocycles. The molecule has 1 aliphatic heterocycles. The van der Waals surface area contributed by atoms with Crippen LogP contribution in [0, 0.1) is 5.92 Å². The lowest BCUT2D eigenvalue weighted by atomic mass is 9.91. The van der Waals surface area contributed by atoms with Gasteiger partial charge in [-0.3, -0.25) is 0 Å². The molecule has 1 N–H and O–H groups in total. The highest BCUT2D eigenvalue weighted by molar-refractivity contribution is 6.12. The SMILES string of the molecule is C1=CC(C2=NC(c3ccccc3)N=C(c3ccccc3)N2)CC=C1c1ccc2c(c1)oc1ccccc12. The lowest BCUT2D eigenvalue weighted by molar-refractivity contribution is 0.669. The second kappa shape index (κ2) is 9.07. The second-order valence-corrected chi connectivity index (χ2v) is 9.44. The third kappa shape index (κ3) is 4.07. The molecule has 2 aliphatic rings. The molecule has 0 radical (unpaired) electrons. The average Bonchev–Trinajstić information content (AvgIpc) is 3.36. The highest BCUT2D eigenvalue weighted by atomic mass is 16.3. The van der Waals surface area contributed by atoms with E-state index in [1.165, 1.54) is 5.57 Å². The van der Waals surface area contributed by atoms with Gasteiger partial charge in [0.2, 0.25) is 0 Å². The minimum absolute atomic E-state index is 0.152. The Balaban J connectivity index is 1.17. The number of hydrogen-bond donors (Lipinski definition) is 1. The zero-order valence-corrected chi connectivity index (χ0v) is 20.2. The number of furan rings is 1. The van der Waals surface area contributed by atoms with E-state index in [-0.39, 0.29) is 12.1 Å². The van der Waals surface area contributed by atoms with E-state index in [2.05, 4.69) is 78.1 Å². The molecule has 178 valence electrons. The molecule has 5 aromatic rings. The number of nitrogens with zero attached hydrogens (tertiary/aromatic N) is 2. The summed E-state index contributed by atoms with van der Waals surface area (Å²) in [5.41, 5.74) is 6.35. The van der Waals surface area contributed by atoms with Crippen LogP contribution in [0.5, 0.6) is 0 Å². The summed E-state index contributed by atoms with van der Waals surface area (Å²) in [4.78, 5) is 9.98. The van der Waals surface area contributed by atoms with Gasteiger partial charge in [-0.05, 0) is 41.3 Å². The lowest BCUT2D eigenvalue weighted by Gasteiger charge is -2.26. The highest BCUT2D eigenvalue weighted by Crippen LogP contribution is 2.33. The van der Waals surface area contributed by atoms with Crippen LogP contribution in [0.3, 0.4) is 0 Å². The van der Waals surface area contributed by atoms with Crippen LogP contribution in [-0.2, 0) is 0 Å². The number of aliphatic imine (C=N–C) groups is 2. The predicted octanol–water partition coefficient (Wildman–Crippen LogP) is 7.69. The molecule has 4 aromatic carbocycles. The number of nitrogens with one attached hydrogen (secondary N) is 1. The molecule has 0 fully saturated rings. The first-order valence-corrected chi connectivity index (χ1v) is 12.6. The first-order chi connectivity index (χ1) is 18.3. The molecule has 0 bridgehead atoms. The van der Waals surface area contributed by atoms with Crippen molar-refractivity contribution in [2.75, 3.05) is 0 Å². The molecule has 4 nitrogen and oxygen atoms in total. The van der Waals surface area contributed by atoms with Crippen molar-refractivity contribution in [2.24, 2.45) is 15.9 Å². The first kappa shape index (κ1) is 21.6. The Morgan fingerprint density at radius 1 is 0.703 bits per heavy atom. The Labute approximate surface area is 215 Å². The molecule has 4 heteroatoms. The Bertz CT molecular complexity index is 1730. The third-order valence-corrected chi connectivity index (χ3v) is 7.07. The van der Waals surface area contributed by atoms with E-state index in [4.69, 9.17) is 14.4 Å². The fraction of sp³-hybridized carbons (Fsp3) is 0.0909. The molecule has 0 amide bonds. The fourth-order valence-corrected chi connectivity index (χ4v) is 5.12. The van der Waals surface area contributed by atoms with Crippen molar-refractivity contribution in [3.05, 3.63) is 138 Å². The molecule has 1 aromatic heterocycles. The lowest BCUT2D eigenvalue weighted by Crippen LogP contribution is -2.39. The molecule has 2 atom stereocenters. The Kier molecular flexibility index (Phi) is 5.29.